The summed E-state index contributed by atoms with van der Waals surface area (Å²) in [6.45, 7) is -0.0129. The average molecular weight is 270 g/mol. The first-order valence-electron chi connectivity index (χ1n) is 6.90. The third kappa shape index (κ3) is 2.55. The molecular formula is C17H18O3. The maximum absolute atomic E-state index is 10.2. The predicted octanol–water partition coefficient (Wildman–Crippen LogP) is 2.61. The van der Waals surface area contributed by atoms with Gasteiger partial charge in [-0.2, -0.15) is 0 Å². The summed E-state index contributed by atoms with van der Waals surface area (Å²) in [5.74, 6) is 0.678. The zero-order valence-corrected chi connectivity index (χ0v) is 11.2. The molecule has 1 aliphatic carbocycles. The molecule has 0 aliphatic heterocycles. The lowest BCUT2D eigenvalue weighted by molar-refractivity contribution is 0.0227. The molecular weight excluding hydrogens is 252 g/mol. The molecule has 0 radical (unpaired) electrons. The molecule has 3 heteroatoms. The second kappa shape index (κ2) is 5.65. The highest BCUT2D eigenvalue weighted by molar-refractivity contribution is 5.35. The quantitative estimate of drug-likeness (QED) is 0.901. The van der Waals surface area contributed by atoms with Gasteiger partial charge < -0.3 is 14.9 Å². The molecule has 0 amide bonds. The van der Waals surface area contributed by atoms with Crippen LogP contribution < -0.4 is 4.74 Å². The van der Waals surface area contributed by atoms with Crippen molar-refractivity contribution >= 4 is 0 Å². The number of hydrogen-bond acceptors (Lipinski definition) is 3. The SMILES string of the molecule is OCc1cccc(OC2c3ccccc3CCC2O)c1. The van der Waals surface area contributed by atoms with Gasteiger partial charge in [-0.3, -0.25) is 0 Å². The number of ether oxygens (including phenoxy) is 1. The number of aryl methyl sites for hydroxylation is 1. The zero-order chi connectivity index (χ0) is 13.9. The topological polar surface area (TPSA) is 49.7 Å². The van der Waals surface area contributed by atoms with Gasteiger partial charge in [0.1, 0.15) is 11.9 Å². The van der Waals surface area contributed by atoms with Crippen molar-refractivity contribution < 1.29 is 14.9 Å². The van der Waals surface area contributed by atoms with Crippen molar-refractivity contribution in [2.75, 3.05) is 0 Å². The maximum Gasteiger partial charge on any atom is 0.150 e. The zero-order valence-electron chi connectivity index (χ0n) is 11.2. The molecule has 2 aromatic carbocycles. The van der Waals surface area contributed by atoms with E-state index in [2.05, 4.69) is 6.07 Å². The van der Waals surface area contributed by atoms with Crippen LogP contribution in [-0.4, -0.2) is 16.3 Å². The molecule has 2 aromatic rings. The van der Waals surface area contributed by atoms with Gasteiger partial charge in [0.05, 0.1) is 12.7 Å². The van der Waals surface area contributed by atoms with E-state index in [1.807, 2.05) is 42.5 Å². The maximum atomic E-state index is 10.2. The van der Waals surface area contributed by atoms with Gasteiger partial charge in [-0.15, -0.1) is 0 Å². The van der Waals surface area contributed by atoms with E-state index in [-0.39, 0.29) is 12.7 Å². The van der Waals surface area contributed by atoms with Gasteiger partial charge in [0, 0.05) is 0 Å². The van der Waals surface area contributed by atoms with Crippen LogP contribution >= 0.6 is 0 Å². The molecule has 0 saturated heterocycles. The number of fused-ring (bicyclic) bond motifs is 1. The largest absolute Gasteiger partial charge is 0.483 e. The third-order valence-corrected chi connectivity index (χ3v) is 3.76. The molecule has 0 heterocycles. The second-order valence-corrected chi connectivity index (χ2v) is 5.15. The van der Waals surface area contributed by atoms with Crippen molar-refractivity contribution in [2.45, 2.75) is 31.7 Å². The Morgan fingerprint density at radius 1 is 1.10 bits per heavy atom. The summed E-state index contributed by atoms with van der Waals surface area (Å²) in [4.78, 5) is 0. The number of rotatable bonds is 3. The summed E-state index contributed by atoms with van der Waals surface area (Å²) >= 11 is 0. The summed E-state index contributed by atoms with van der Waals surface area (Å²) in [5.41, 5.74) is 3.10. The van der Waals surface area contributed by atoms with Gasteiger partial charge in [0.15, 0.2) is 0 Å². The molecule has 104 valence electrons. The highest BCUT2D eigenvalue weighted by Gasteiger charge is 2.29. The van der Waals surface area contributed by atoms with Crippen LogP contribution in [0.4, 0.5) is 0 Å². The van der Waals surface area contributed by atoms with E-state index >= 15 is 0 Å². The fourth-order valence-electron chi connectivity index (χ4n) is 2.71. The first kappa shape index (κ1) is 13.2. The summed E-state index contributed by atoms with van der Waals surface area (Å²) in [6, 6.07) is 15.4. The molecule has 2 atom stereocenters. The van der Waals surface area contributed by atoms with E-state index in [1.54, 1.807) is 0 Å². The van der Waals surface area contributed by atoms with Crippen molar-refractivity contribution in [1.29, 1.82) is 0 Å². The monoisotopic (exact) mass is 270 g/mol. The van der Waals surface area contributed by atoms with Gasteiger partial charge in [-0.05, 0) is 41.7 Å². The van der Waals surface area contributed by atoms with Crippen molar-refractivity contribution in [3.63, 3.8) is 0 Å². The normalized spacial score (nSPS) is 21.3. The highest BCUT2D eigenvalue weighted by atomic mass is 16.5. The van der Waals surface area contributed by atoms with Crippen molar-refractivity contribution in [1.82, 2.24) is 0 Å². The van der Waals surface area contributed by atoms with Crippen LogP contribution in [0.5, 0.6) is 5.75 Å². The van der Waals surface area contributed by atoms with Crippen LogP contribution in [0.3, 0.4) is 0 Å². The first-order chi connectivity index (χ1) is 9.78. The second-order valence-electron chi connectivity index (χ2n) is 5.15. The van der Waals surface area contributed by atoms with E-state index in [0.717, 1.165) is 17.5 Å². The molecule has 0 spiro atoms. The molecule has 0 fully saturated rings. The summed E-state index contributed by atoms with van der Waals surface area (Å²) in [7, 11) is 0. The Bertz CT molecular complexity index is 594. The molecule has 3 nitrogen and oxygen atoms in total. The third-order valence-electron chi connectivity index (χ3n) is 3.76. The Balaban J connectivity index is 1.89. The lowest BCUT2D eigenvalue weighted by Crippen LogP contribution is -2.29. The molecule has 0 bridgehead atoms. The van der Waals surface area contributed by atoms with Gasteiger partial charge >= 0.3 is 0 Å². The molecule has 2 N–H and O–H groups in total. The molecule has 2 unspecified atom stereocenters. The number of aliphatic hydroxyl groups is 2. The van der Waals surface area contributed by atoms with Gasteiger partial charge in [-0.25, -0.2) is 0 Å². The lowest BCUT2D eigenvalue weighted by Gasteiger charge is -2.30. The van der Waals surface area contributed by atoms with Gasteiger partial charge in [0.2, 0.25) is 0 Å². The van der Waals surface area contributed by atoms with Gasteiger partial charge in [0.25, 0.3) is 0 Å². The van der Waals surface area contributed by atoms with E-state index < -0.39 is 6.10 Å². The van der Waals surface area contributed by atoms with Crippen molar-refractivity contribution in [3.8, 4) is 5.75 Å². The highest BCUT2D eigenvalue weighted by Crippen LogP contribution is 2.34. The Hall–Kier alpha value is -1.84. The Kier molecular flexibility index (Phi) is 3.72. The van der Waals surface area contributed by atoms with Gasteiger partial charge in [-0.1, -0.05) is 36.4 Å². The average Bonchev–Trinajstić information content (AvgIpc) is 2.50. The van der Waals surface area contributed by atoms with Crippen LogP contribution in [-0.2, 0) is 13.0 Å². The van der Waals surface area contributed by atoms with E-state index in [4.69, 9.17) is 4.74 Å². The van der Waals surface area contributed by atoms with Crippen LogP contribution in [0.25, 0.3) is 0 Å². The summed E-state index contributed by atoms with van der Waals surface area (Å²) in [6.07, 6.45) is 0.756. The molecule has 0 saturated carbocycles. The predicted molar refractivity (Wildman–Crippen MR) is 76.5 cm³/mol. The Morgan fingerprint density at radius 3 is 2.80 bits per heavy atom. The van der Waals surface area contributed by atoms with Crippen LogP contribution in [0.15, 0.2) is 48.5 Å². The van der Waals surface area contributed by atoms with E-state index in [0.29, 0.717) is 12.2 Å². The minimum atomic E-state index is -0.498. The van der Waals surface area contributed by atoms with Crippen LogP contribution in [0.2, 0.25) is 0 Å². The van der Waals surface area contributed by atoms with E-state index in [1.165, 1.54) is 5.56 Å². The molecule has 3 rings (SSSR count). The fourth-order valence-corrected chi connectivity index (χ4v) is 2.71. The van der Waals surface area contributed by atoms with Crippen LogP contribution in [0, 0.1) is 0 Å². The molecule has 1 aliphatic rings. The Morgan fingerprint density at radius 2 is 1.95 bits per heavy atom. The summed E-state index contributed by atoms with van der Waals surface area (Å²) in [5, 5.41) is 19.4. The minimum absolute atomic E-state index is 0.0129. The number of aliphatic hydroxyl groups excluding tert-OH is 2. The smallest absolute Gasteiger partial charge is 0.150 e. The Labute approximate surface area is 118 Å². The summed E-state index contributed by atoms with van der Waals surface area (Å²) < 4.78 is 5.98. The molecule has 20 heavy (non-hydrogen) atoms. The van der Waals surface area contributed by atoms with Crippen molar-refractivity contribution in [2.24, 2.45) is 0 Å². The standard InChI is InChI=1S/C17H18O3/c18-11-12-4-3-6-14(10-12)20-17-15-7-2-1-5-13(15)8-9-16(17)19/h1-7,10,16-19H,8-9,11H2. The minimum Gasteiger partial charge on any atom is -0.483 e. The lowest BCUT2D eigenvalue weighted by atomic mass is 9.87. The van der Waals surface area contributed by atoms with Crippen molar-refractivity contribution in [3.05, 3.63) is 65.2 Å². The number of benzene rings is 2. The van der Waals surface area contributed by atoms with E-state index in [9.17, 15) is 10.2 Å². The fraction of sp³-hybridized carbons (Fsp3) is 0.294. The first-order valence-corrected chi connectivity index (χ1v) is 6.90. The van der Waals surface area contributed by atoms with Crippen LogP contribution in [0.1, 0.15) is 29.2 Å². The number of hydrogen-bond donors (Lipinski definition) is 2. The molecule has 0 aromatic heterocycles.